The Labute approximate surface area is 183 Å². The molecule has 0 spiro atoms. The summed E-state index contributed by atoms with van der Waals surface area (Å²) in [6.07, 6.45) is 0.624. The number of ether oxygens (including phenoxy) is 1. The van der Waals surface area contributed by atoms with Crippen LogP contribution in [0.2, 0.25) is 10.0 Å². The molecule has 2 aromatic carbocycles. The summed E-state index contributed by atoms with van der Waals surface area (Å²) in [5.41, 5.74) is 0.358. The van der Waals surface area contributed by atoms with Crippen LogP contribution in [0, 0.1) is 0 Å². The van der Waals surface area contributed by atoms with Gasteiger partial charge in [-0.25, -0.2) is 14.2 Å². The molecule has 1 N–H and O–H groups in total. The second-order valence-corrected chi connectivity index (χ2v) is 7.66. The van der Waals surface area contributed by atoms with E-state index in [-0.39, 0.29) is 18.5 Å². The van der Waals surface area contributed by atoms with Gasteiger partial charge in [-0.05, 0) is 49.2 Å². The fourth-order valence-electron chi connectivity index (χ4n) is 2.95. The molecule has 1 atom stereocenters. The molecule has 7 nitrogen and oxygen atoms in total. The SMILES string of the molecule is CCC(C)n1c(=O)nc(Nc2ccc(OC)c(Cl)c2)n(Cc2ccc(Cl)cc2)c1=O. The van der Waals surface area contributed by atoms with E-state index in [1.807, 2.05) is 26.0 Å². The molecule has 0 aliphatic carbocycles. The number of halogens is 2. The maximum atomic E-state index is 13.2. The van der Waals surface area contributed by atoms with Crippen molar-refractivity contribution in [2.24, 2.45) is 0 Å². The number of nitrogens with zero attached hydrogens (tertiary/aromatic N) is 3. The van der Waals surface area contributed by atoms with E-state index in [1.165, 1.54) is 16.2 Å². The summed E-state index contributed by atoms with van der Waals surface area (Å²) in [6.45, 7) is 3.94. The normalized spacial score (nSPS) is 11.9. The van der Waals surface area contributed by atoms with Gasteiger partial charge < -0.3 is 10.1 Å². The molecule has 0 aliphatic rings. The molecule has 1 heterocycles. The van der Waals surface area contributed by atoms with Gasteiger partial charge in [0, 0.05) is 16.8 Å². The zero-order valence-electron chi connectivity index (χ0n) is 16.9. The van der Waals surface area contributed by atoms with Gasteiger partial charge in [-0.2, -0.15) is 4.98 Å². The lowest BCUT2D eigenvalue weighted by Gasteiger charge is -2.18. The monoisotopic (exact) mass is 448 g/mol. The average molecular weight is 449 g/mol. The van der Waals surface area contributed by atoms with Crippen LogP contribution < -0.4 is 21.4 Å². The predicted octanol–water partition coefficient (Wildman–Crippen LogP) is 4.48. The van der Waals surface area contributed by atoms with Crippen LogP contribution in [0.25, 0.3) is 0 Å². The third-order valence-corrected chi connectivity index (χ3v) is 5.34. The fraction of sp³-hybridized carbons (Fsp3) is 0.286. The highest BCUT2D eigenvalue weighted by Gasteiger charge is 2.17. The molecule has 158 valence electrons. The molecular weight excluding hydrogens is 427 g/mol. The molecule has 30 heavy (non-hydrogen) atoms. The Balaban J connectivity index is 2.10. The summed E-state index contributed by atoms with van der Waals surface area (Å²) in [7, 11) is 1.52. The van der Waals surface area contributed by atoms with Gasteiger partial charge in [0.1, 0.15) is 5.75 Å². The summed E-state index contributed by atoms with van der Waals surface area (Å²) in [5.74, 6) is 0.640. The molecule has 0 aliphatic heterocycles. The number of hydrogen-bond donors (Lipinski definition) is 1. The van der Waals surface area contributed by atoms with Crippen molar-refractivity contribution >= 4 is 34.8 Å². The first-order valence-electron chi connectivity index (χ1n) is 9.42. The topological polar surface area (TPSA) is 78.2 Å². The summed E-state index contributed by atoms with van der Waals surface area (Å²) in [4.78, 5) is 30.0. The van der Waals surface area contributed by atoms with Crippen molar-refractivity contribution < 1.29 is 4.74 Å². The number of nitrogens with one attached hydrogen (secondary N) is 1. The van der Waals surface area contributed by atoms with Crippen LogP contribution >= 0.6 is 23.2 Å². The highest BCUT2D eigenvalue weighted by Crippen LogP contribution is 2.28. The van der Waals surface area contributed by atoms with E-state index in [9.17, 15) is 9.59 Å². The molecule has 3 rings (SSSR count). The fourth-order valence-corrected chi connectivity index (χ4v) is 3.33. The van der Waals surface area contributed by atoms with Crippen LogP contribution in [0.3, 0.4) is 0 Å². The number of anilines is 2. The second kappa shape index (κ2) is 9.36. The Bertz CT molecular complexity index is 1160. The minimum atomic E-state index is -0.608. The van der Waals surface area contributed by atoms with E-state index in [4.69, 9.17) is 27.9 Å². The van der Waals surface area contributed by atoms with Crippen molar-refractivity contribution in [2.45, 2.75) is 32.9 Å². The molecule has 0 amide bonds. The first-order valence-corrected chi connectivity index (χ1v) is 10.2. The summed E-state index contributed by atoms with van der Waals surface area (Å²) in [5, 5.41) is 4.02. The summed E-state index contributed by atoms with van der Waals surface area (Å²) in [6, 6.07) is 11.9. The first-order chi connectivity index (χ1) is 14.3. The summed E-state index contributed by atoms with van der Waals surface area (Å²) >= 11 is 12.2. The van der Waals surface area contributed by atoms with Crippen molar-refractivity contribution in [1.82, 2.24) is 14.1 Å². The van der Waals surface area contributed by atoms with Crippen molar-refractivity contribution in [3.63, 3.8) is 0 Å². The molecule has 0 fully saturated rings. The highest BCUT2D eigenvalue weighted by molar-refractivity contribution is 6.32. The molecule has 0 saturated carbocycles. The molecule has 1 unspecified atom stereocenters. The lowest BCUT2D eigenvalue weighted by molar-refractivity contribution is 0.415. The molecule has 0 saturated heterocycles. The largest absolute Gasteiger partial charge is 0.495 e. The third kappa shape index (κ3) is 4.68. The van der Waals surface area contributed by atoms with E-state index in [1.54, 1.807) is 30.3 Å². The Morgan fingerprint density at radius 1 is 1.13 bits per heavy atom. The van der Waals surface area contributed by atoms with Gasteiger partial charge in [-0.3, -0.25) is 4.57 Å². The van der Waals surface area contributed by atoms with Crippen LogP contribution in [-0.2, 0) is 6.54 Å². The minimum Gasteiger partial charge on any atom is -0.495 e. The quantitative estimate of drug-likeness (QED) is 0.576. The molecule has 0 bridgehead atoms. The molecule has 3 aromatic rings. The van der Waals surface area contributed by atoms with Crippen molar-refractivity contribution in [3.8, 4) is 5.75 Å². The van der Waals surface area contributed by atoms with Gasteiger partial charge in [0.2, 0.25) is 5.95 Å². The van der Waals surface area contributed by atoms with E-state index >= 15 is 0 Å². The van der Waals surface area contributed by atoms with Crippen molar-refractivity contribution in [2.75, 3.05) is 12.4 Å². The van der Waals surface area contributed by atoms with Gasteiger partial charge in [0.15, 0.2) is 0 Å². The van der Waals surface area contributed by atoms with Crippen LogP contribution in [0.15, 0.2) is 52.1 Å². The van der Waals surface area contributed by atoms with Crippen LogP contribution in [0.1, 0.15) is 31.9 Å². The van der Waals surface area contributed by atoms with Crippen LogP contribution in [0.4, 0.5) is 11.6 Å². The van der Waals surface area contributed by atoms with E-state index in [0.29, 0.717) is 27.9 Å². The molecule has 0 radical (unpaired) electrons. The second-order valence-electron chi connectivity index (χ2n) is 6.81. The standard InChI is InChI=1S/C21H22Cl2N4O3/c1-4-13(2)27-20(28)25-19(24-16-9-10-18(30-3)17(23)11-16)26(21(27)29)12-14-5-7-15(22)8-6-14/h5-11,13H,4,12H2,1-3H3,(H,24,25,28). The lowest BCUT2D eigenvalue weighted by atomic mass is 10.2. The maximum Gasteiger partial charge on any atom is 0.355 e. The van der Waals surface area contributed by atoms with Crippen molar-refractivity contribution in [3.05, 3.63) is 79.0 Å². The number of benzene rings is 2. The van der Waals surface area contributed by atoms with E-state index < -0.39 is 11.4 Å². The highest BCUT2D eigenvalue weighted by atomic mass is 35.5. The molecule has 9 heteroatoms. The Morgan fingerprint density at radius 2 is 1.83 bits per heavy atom. The lowest BCUT2D eigenvalue weighted by Crippen LogP contribution is -2.44. The number of rotatable bonds is 7. The smallest absolute Gasteiger partial charge is 0.355 e. The zero-order chi connectivity index (χ0) is 21.8. The van der Waals surface area contributed by atoms with Gasteiger partial charge in [-0.1, -0.05) is 42.3 Å². The zero-order valence-corrected chi connectivity index (χ0v) is 18.4. The number of methoxy groups -OCH3 is 1. The van der Waals surface area contributed by atoms with Crippen molar-refractivity contribution in [1.29, 1.82) is 0 Å². The Hall–Kier alpha value is -2.77. The van der Waals surface area contributed by atoms with E-state index in [2.05, 4.69) is 10.3 Å². The van der Waals surface area contributed by atoms with Gasteiger partial charge in [0.25, 0.3) is 0 Å². The van der Waals surface area contributed by atoms with Gasteiger partial charge in [0.05, 0.1) is 18.7 Å². The Morgan fingerprint density at radius 3 is 2.43 bits per heavy atom. The maximum absolute atomic E-state index is 13.2. The number of hydrogen-bond acceptors (Lipinski definition) is 5. The predicted molar refractivity (Wildman–Crippen MR) is 120 cm³/mol. The molecule has 1 aromatic heterocycles. The van der Waals surface area contributed by atoms with Crippen LogP contribution in [0.5, 0.6) is 5.75 Å². The van der Waals surface area contributed by atoms with Gasteiger partial charge >= 0.3 is 11.4 Å². The Kier molecular flexibility index (Phi) is 6.84. The average Bonchev–Trinajstić information content (AvgIpc) is 2.72. The minimum absolute atomic E-state index is 0.126. The van der Waals surface area contributed by atoms with Crippen LogP contribution in [-0.4, -0.2) is 21.2 Å². The third-order valence-electron chi connectivity index (χ3n) is 4.79. The summed E-state index contributed by atoms with van der Waals surface area (Å²) < 4.78 is 7.75. The number of aromatic nitrogens is 3. The van der Waals surface area contributed by atoms with Gasteiger partial charge in [-0.15, -0.1) is 0 Å². The first kappa shape index (κ1) is 21.9. The molecular formula is C21H22Cl2N4O3. The van der Waals surface area contributed by atoms with E-state index in [0.717, 1.165) is 5.56 Å².